The zero-order chi connectivity index (χ0) is 17.3. The predicted molar refractivity (Wildman–Crippen MR) is 101 cm³/mol. The van der Waals surface area contributed by atoms with E-state index in [1.165, 1.54) is 64.2 Å². The first kappa shape index (κ1) is 16.2. The second kappa shape index (κ2) is 6.11. The summed E-state index contributed by atoms with van der Waals surface area (Å²) in [4.78, 5) is 13.3. The van der Waals surface area contributed by atoms with E-state index in [4.69, 9.17) is 4.74 Å². The van der Waals surface area contributed by atoms with Gasteiger partial charge in [-0.2, -0.15) is 0 Å². The summed E-state index contributed by atoms with van der Waals surface area (Å²) >= 11 is 0. The lowest BCUT2D eigenvalue weighted by Crippen LogP contribution is -2.39. The molecule has 0 amide bonds. The maximum atomic E-state index is 13.3. The van der Waals surface area contributed by atoms with E-state index in [0.717, 1.165) is 36.0 Å². The van der Waals surface area contributed by atoms with Crippen molar-refractivity contribution < 1.29 is 9.53 Å². The Morgan fingerprint density at radius 3 is 2.08 bits per heavy atom. The summed E-state index contributed by atoms with van der Waals surface area (Å²) in [6, 6.07) is 0. The highest BCUT2D eigenvalue weighted by Crippen LogP contribution is 2.67. The van der Waals surface area contributed by atoms with Gasteiger partial charge in [-0.25, -0.2) is 0 Å². The Balaban J connectivity index is 1.18. The van der Waals surface area contributed by atoms with Crippen molar-refractivity contribution in [3.8, 4) is 0 Å². The van der Waals surface area contributed by atoms with Gasteiger partial charge in [-0.1, -0.05) is 37.8 Å². The van der Waals surface area contributed by atoms with Gasteiger partial charge in [0.2, 0.25) is 0 Å². The second-order valence-electron chi connectivity index (χ2n) is 10.6. The standard InChI is InChI=1S/C24H34O2/c25-24(26-23(14-5-1-2-6-14)15-7-3-4-8-15)20-13-18-12-19(20)22-17-10-9-16(11-17)21(18)22/h9-10,14-23H,1-8,11-13H2. The molecule has 142 valence electrons. The van der Waals surface area contributed by atoms with Crippen molar-refractivity contribution in [1.29, 1.82) is 0 Å². The molecule has 6 aliphatic carbocycles. The zero-order valence-corrected chi connectivity index (χ0v) is 16.0. The minimum atomic E-state index is 0.214. The third-order valence-electron chi connectivity index (χ3n) is 9.55. The Kier molecular flexibility index (Phi) is 3.80. The Hall–Kier alpha value is -0.790. The highest BCUT2D eigenvalue weighted by atomic mass is 16.5. The van der Waals surface area contributed by atoms with Crippen molar-refractivity contribution in [2.24, 2.45) is 53.3 Å². The van der Waals surface area contributed by atoms with Crippen LogP contribution in [0.3, 0.4) is 0 Å². The Bertz CT molecular complexity index is 581. The lowest BCUT2D eigenvalue weighted by atomic mass is 9.69. The Morgan fingerprint density at radius 2 is 1.42 bits per heavy atom. The number of fused-ring (bicyclic) bond motifs is 9. The smallest absolute Gasteiger partial charge is 0.309 e. The van der Waals surface area contributed by atoms with E-state index in [1.807, 2.05) is 0 Å². The highest BCUT2D eigenvalue weighted by Gasteiger charge is 2.62. The van der Waals surface area contributed by atoms with Crippen LogP contribution in [-0.4, -0.2) is 12.1 Å². The summed E-state index contributed by atoms with van der Waals surface area (Å²) < 4.78 is 6.43. The lowest BCUT2D eigenvalue weighted by Gasteiger charge is -2.37. The van der Waals surface area contributed by atoms with Crippen LogP contribution in [0.4, 0.5) is 0 Å². The average Bonchev–Trinajstić information content (AvgIpc) is 3.47. The van der Waals surface area contributed by atoms with E-state index in [0.29, 0.717) is 17.8 Å². The van der Waals surface area contributed by atoms with Crippen LogP contribution in [0.15, 0.2) is 12.2 Å². The summed E-state index contributed by atoms with van der Waals surface area (Å²) in [6.45, 7) is 0. The number of carbonyl (C=O) groups is 1. The topological polar surface area (TPSA) is 26.3 Å². The van der Waals surface area contributed by atoms with E-state index in [1.54, 1.807) is 0 Å². The largest absolute Gasteiger partial charge is 0.462 e. The number of esters is 1. The summed E-state index contributed by atoms with van der Waals surface area (Å²) in [5.41, 5.74) is 0. The normalized spacial score (nSPS) is 46.7. The number of allylic oxidation sites excluding steroid dienone is 2. The molecule has 6 aliphatic rings. The molecule has 26 heavy (non-hydrogen) atoms. The number of ether oxygens (including phenoxy) is 1. The van der Waals surface area contributed by atoms with E-state index in [2.05, 4.69) is 12.2 Å². The molecule has 0 aromatic carbocycles. The van der Waals surface area contributed by atoms with Gasteiger partial charge >= 0.3 is 5.97 Å². The molecular weight excluding hydrogens is 320 g/mol. The highest BCUT2D eigenvalue weighted by molar-refractivity contribution is 5.74. The maximum absolute atomic E-state index is 13.3. The van der Waals surface area contributed by atoms with Crippen LogP contribution in [0, 0.1) is 53.3 Å². The van der Waals surface area contributed by atoms with Crippen molar-refractivity contribution in [3.63, 3.8) is 0 Å². The van der Waals surface area contributed by atoms with Gasteiger partial charge in [0.05, 0.1) is 5.92 Å². The summed E-state index contributed by atoms with van der Waals surface area (Å²) in [6.07, 6.45) is 19.6. The third-order valence-corrected chi connectivity index (χ3v) is 9.55. The first-order valence-corrected chi connectivity index (χ1v) is 11.7. The molecule has 0 aromatic rings. The number of hydrogen-bond donors (Lipinski definition) is 0. The first-order chi connectivity index (χ1) is 12.8. The van der Waals surface area contributed by atoms with Gasteiger partial charge in [-0.3, -0.25) is 4.79 Å². The lowest BCUT2D eigenvalue weighted by molar-refractivity contribution is -0.163. The average molecular weight is 355 g/mol. The second-order valence-corrected chi connectivity index (χ2v) is 10.6. The van der Waals surface area contributed by atoms with Crippen LogP contribution < -0.4 is 0 Å². The molecule has 0 radical (unpaired) electrons. The Labute approximate surface area is 158 Å². The van der Waals surface area contributed by atoms with Gasteiger partial charge in [-0.15, -0.1) is 0 Å². The molecule has 4 bridgehead atoms. The van der Waals surface area contributed by atoms with Gasteiger partial charge in [0.25, 0.3) is 0 Å². The minimum Gasteiger partial charge on any atom is -0.462 e. The Morgan fingerprint density at radius 1 is 0.808 bits per heavy atom. The molecule has 0 spiro atoms. The fourth-order valence-corrected chi connectivity index (χ4v) is 8.66. The van der Waals surface area contributed by atoms with Crippen LogP contribution in [0.1, 0.15) is 70.6 Å². The third kappa shape index (κ3) is 2.32. The molecule has 0 heterocycles. The fourth-order valence-electron chi connectivity index (χ4n) is 8.66. The molecular formula is C24H34O2. The van der Waals surface area contributed by atoms with Crippen LogP contribution in [0.2, 0.25) is 0 Å². The van der Waals surface area contributed by atoms with Gasteiger partial charge < -0.3 is 4.74 Å². The SMILES string of the molecule is O=C(OC(C1CCCC1)C1CCCC1)C1CC2CC1C1C3C=CC(C3)C21. The van der Waals surface area contributed by atoms with Crippen LogP contribution in [0.25, 0.3) is 0 Å². The minimum absolute atomic E-state index is 0.214. The van der Waals surface area contributed by atoms with Crippen molar-refractivity contribution in [2.45, 2.75) is 76.7 Å². The molecule has 0 N–H and O–H groups in total. The van der Waals surface area contributed by atoms with Gasteiger partial charge in [-0.05, 0) is 92.3 Å². The van der Waals surface area contributed by atoms with E-state index in [9.17, 15) is 4.79 Å². The number of hydrogen-bond acceptors (Lipinski definition) is 2. The van der Waals surface area contributed by atoms with Crippen LogP contribution in [-0.2, 0) is 9.53 Å². The monoisotopic (exact) mass is 354 g/mol. The number of rotatable bonds is 4. The molecule has 5 fully saturated rings. The summed E-state index contributed by atoms with van der Waals surface area (Å²) in [7, 11) is 0. The molecule has 6 rings (SSSR count). The van der Waals surface area contributed by atoms with E-state index < -0.39 is 0 Å². The van der Waals surface area contributed by atoms with Gasteiger partial charge in [0.1, 0.15) is 6.10 Å². The predicted octanol–water partition coefficient (Wildman–Crippen LogP) is 5.37. The quantitative estimate of drug-likeness (QED) is 0.385. The molecule has 2 nitrogen and oxygen atoms in total. The zero-order valence-electron chi connectivity index (χ0n) is 16.0. The summed E-state index contributed by atoms with van der Waals surface area (Å²) in [5, 5.41) is 0. The maximum Gasteiger partial charge on any atom is 0.309 e. The van der Waals surface area contributed by atoms with E-state index >= 15 is 0 Å². The molecule has 7 atom stereocenters. The van der Waals surface area contributed by atoms with Gasteiger partial charge in [0, 0.05) is 0 Å². The summed E-state index contributed by atoms with van der Waals surface area (Å²) in [5.74, 6) is 6.61. The molecule has 0 aromatic heterocycles. The van der Waals surface area contributed by atoms with Crippen LogP contribution in [0.5, 0.6) is 0 Å². The molecule has 2 heteroatoms. The first-order valence-electron chi connectivity index (χ1n) is 11.7. The van der Waals surface area contributed by atoms with Crippen LogP contribution >= 0.6 is 0 Å². The van der Waals surface area contributed by atoms with Gasteiger partial charge in [0.15, 0.2) is 0 Å². The van der Waals surface area contributed by atoms with E-state index in [-0.39, 0.29) is 18.0 Å². The number of carbonyl (C=O) groups excluding carboxylic acids is 1. The van der Waals surface area contributed by atoms with Crippen molar-refractivity contribution in [3.05, 3.63) is 12.2 Å². The molecule has 0 aliphatic heterocycles. The van der Waals surface area contributed by atoms with Crippen molar-refractivity contribution >= 4 is 5.97 Å². The van der Waals surface area contributed by atoms with Crippen molar-refractivity contribution in [1.82, 2.24) is 0 Å². The molecule has 7 unspecified atom stereocenters. The van der Waals surface area contributed by atoms with Crippen molar-refractivity contribution in [2.75, 3.05) is 0 Å². The molecule has 5 saturated carbocycles. The fraction of sp³-hybridized carbons (Fsp3) is 0.875. The molecule has 0 saturated heterocycles.